The number of piperidine rings is 1. The fraction of sp³-hybridized carbons (Fsp3) is 0.278. The van der Waals surface area contributed by atoms with Crippen LogP contribution in [0.4, 0.5) is 5.69 Å². The van der Waals surface area contributed by atoms with E-state index in [1.165, 1.54) is 5.56 Å². The lowest BCUT2D eigenvalue weighted by Crippen LogP contribution is -2.41. The summed E-state index contributed by atoms with van der Waals surface area (Å²) < 4.78 is 0. The molecule has 20 heavy (non-hydrogen) atoms. The number of carbonyl (C=O) groups excluding carboxylic acids is 1. The normalized spacial score (nSPS) is 28.1. The minimum Gasteiger partial charge on any atom is -0.308 e. The molecule has 0 N–H and O–H groups in total. The third kappa shape index (κ3) is 1.68. The predicted octanol–water partition coefficient (Wildman–Crippen LogP) is 3.60. The zero-order valence-corrected chi connectivity index (χ0v) is 11.3. The Bertz CT molecular complexity index is 622. The van der Waals surface area contributed by atoms with Crippen LogP contribution in [0.2, 0.25) is 0 Å². The number of benzene rings is 2. The number of hydrogen-bond acceptors (Lipinski definition) is 1. The smallest absolute Gasteiger partial charge is 0.230 e. The van der Waals surface area contributed by atoms with E-state index in [2.05, 4.69) is 30.3 Å². The second-order valence-corrected chi connectivity index (χ2v) is 5.80. The van der Waals surface area contributed by atoms with Crippen molar-refractivity contribution in [2.45, 2.75) is 24.8 Å². The Morgan fingerprint density at radius 1 is 0.850 bits per heavy atom. The minimum atomic E-state index is 0.213. The number of amides is 1. The van der Waals surface area contributed by atoms with Gasteiger partial charge >= 0.3 is 0 Å². The highest BCUT2D eigenvalue weighted by molar-refractivity contribution is 5.99. The molecule has 0 aromatic heterocycles. The van der Waals surface area contributed by atoms with Crippen molar-refractivity contribution in [2.24, 2.45) is 5.92 Å². The van der Waals surface area contributed by atoms with Gasteiger partial charge in [-0.15, -0.1) is 0 Å². The van der Waals surface area contributed by atoms with Crippen molar-refractivity contribution in [1.29, 1.82) is 0 Å². The summed E-state index contributed by atoms with van der Waals surface area (Å²) in [5.41, 5.74) is 2.42. The summed E-state index contributed by atoms with van der Waals surface area (Å²) in [7, 11) is 0. The van der Waals surface area contributed by atoms with Gasteiger partial charge in [-0.25, -0.2) is 0 Å². The van der Waals surface area contributed by atoms with Crippen LogP contribution in [0.3, 0.4) is 0 Å². The lowest BCUT2D eigenvalue weighted by atomic mass is 9.90. The van der Waals surface area contributed by atoms with Crippen LogP contribution in [-0.2, 0) is 4.79 Å². The van der Waals surface area contributed by atoms with Gasteiger partial charge in [0.2, 0.25) is 5.91 Å². The number of para-hydroxylation sites is 1. The molecule has 1 saturated heterocycles. The highest BCUT2D eigenvalue weighted by Gasteiger charge is 2.51. The Labute approximate surface area is 119 Å². The van der Waals surface area contributed by atoms with E-state index in [-0.39, 0.29) is 5.92 Å². The second-order valence-electron chi connectivity index (χ2n) is 5.80. The summed E-state index contributed by atoms with van der Waals surface area (Å²) in [6.45, 7) is 0. The molecule has 2 aromatic carbocycles. The molecule has 2 nitrogen and oxygen atoms in total. The maximum absolute atomic E-state index is 12.5. The van der Waals surface area contributed by atoms with Gasteiger partial charge in [0.05, 0.1) is 0 Å². The molecule has 1 heterocycles. The standard InChI is InChI=1S/C18H17NO/c20-18-14-11-16(13-7-3-1-4-8-13)17(12-14)19(18)15-9-5-2-6-10-15/h1-10,14,16-17H,11-12H2/t14-,16+,17-/m0/s1. The van der Waals surface area contributed by atoms with Crippen LogP contribution in [0, 0.1) is 5.92 Å². The number of carbonyl (C=O) groups is 1. The van der Waals surface area contributed by atoms with Crippen LogP contribution in [-0.4, -0.2) is 11.9 Å². The summed E-state index contributed by atoms with van der Waals surface area (Å²) in [5.74, 6) is 1.01. The fourth-order valence-electron chi connectivity index (χ4n) is 3.83. The Balaban J connectivity index is 1.70. The van der Waals surface area contributed by atoms with Crippen molar-refractivity contribution in [3.63, 3.8) is 0 Å². The first-order valence-corrected chi connectivity index (χ1v) is 7.27. The molecule has 0 unspecified atom stereocenters. The van der Waals surface area contributed by atoms with E-state index in [4.69, 9.17) is 0 Å². The topological polar surface area (TPSA) is 20.3 Å². The second kappa shape index (κ2) is 4.48. The van der Waals surface area contributed by atoms with Crippen LogP contribution in [0.25, 0.3) is 0 Å². The number of hydrogen-bond donors (Lipinski definition) is 0. The van der Waals surface area contributed by atoms with Crippen LogP contribution in [0.15, 0.2) is 60.7 Å². The lowest BCUT2D eigenvalue weighted by Gasteiger charge is -2.33. The van der Waals surface area contributed by atoms with Crippen molar-refractivity contribution in [2.75, 3.05) is 4.90 Å². The third-order valence-electron chi connectivity index (χ3n) is 4.71. The molecule has 1 aliphatic heterocycles. The van der Waals surface area contributed by atoms with Gasteiger partial charge in [0.15, 0.2) is 0 Å². The summed E-state index contributed by atoms with van der Waals surface area (Å²) in [4.78, 5) is 14.5. The van der Waals surface area contributed by atoms with Crippen molar-refractivity contribution < 1.29 is 4.79 Å². The van der Waals surface area contributed by atoms with Crippen molar-refractivity contribution in [3.8, 4) is 0 Å². The predicted molar refractivity (Wildman–Crippen MR) is 79.6 cm³/mol. The Kier molecular flexibility index (Phi) is 2.62. The van der Waals surface area contributed by atoms with E-state index < -0.39 is 0 Å². The monoisotopic (exact) mass is 263 g/mol. The molecule has 0 radical (unpaired) electrons. The molecule has 2 aromatic rings. The fourth-order valence-corrected chi connectivity index (χ4v) is 3.83. The average molecular weight is 263 g/mol. The van der Waals surface area contributed by atoms with Crippen LogP contribution < -0.4 is 4.90 Å². The first kappa shape index (κ1) is 11.7. The molecule has 2 heteroatoms. The SMILES string of the molecule is O=C1[C@H]2C[C@H](c3ccccc3)[C@H](C2)N1c1ccccc1. The Morgan fingerprint density at radius 3 is 2.15 bits per heavy atom. The highest BCUT2D eigenvalue weighted by atomic mass is 16.2. The van der Waals surface area contributed by atoms with Gasteiger partial charge in [-0.2, -0.15) is 0 Å². The molecular formula is C18H17NO. The van der Waals surface area contributed by atoms with E-state index in [1.54, 1.807) is 0 Å². The molecule has 2 fully saturated rings. The molecule has 4 rings (SSSR count). The van der Waals surface area contributed by atoms with E-state index >= 15 is 0 Å². The van der Waals surface area contributed by atoms with Crippen LogP contribution >= 0.6 is 0 Å². The lowest BCUT2D eigenvalue weighted by molar-refractivity contribution is -0.121. The average Bonchev–Trinajstić information content (AvgIpc) is 3.07. The van der Waals surface area contributed by atoms with Crippen LogP contribution in [0.5, 0.6) is 0 Å². The van der Waals surface area contributed by atoms with Gasteiger partial charge in [0.1, 0.15) is 0 Å². The third-order valence-corrected chi connectivity index (χ3v) is 4.71. The number of rotatable bonds is 2. The Hall–Kier alpha value is -2.09. The molecule has 3 atom stereocenters. The summed E-state index contributed by atoms with van der Waals surface area (Å²) in [5, 5.41) is 0. The van der Waals surface area contributed by atoms with E-state index in [9.17, 15) is 4.79 Å². The largest absolute Gasteiger partial charge is 0.308 e. The summed E-state index contributed by atoms with van der Waals surface area (Å²) in [6, 6.07) is 21.1. The summed E-state index contributed by atoms with van der Waals surface area (Å²) in [6.07, 6.45) is 2.02. The maximum atomic E-state index is 12.5. The van der Waals surface area contributed by atoms with Gasteiger partial charge in [-0.05, 0) is 30.5 Å². The summed E-state index contributed by atoms with van der Waals surface area (Å²) >= 11 is 0. The van der Waals surface area contributed by atoms with Gasteiger partial charge in [-0.3, -0.25) is 4.79 Å². The minimum absolute atomic E-state index is 0.213. The van der Waals surface area contributed by atoms with E-state index in [0.29, 0.717) is 17.9 Å². The van der Waals surface area contributed by atoms with Crippen molar-refractivity contribution >= 4 is 11.6 Å². The molecule has 1 amide bonds. The van der Waals surface area contributed by atoms with E-state index in [1.807, 2.05) is 35.2 Å². The molecule has 1 saturated carbocycles. The van der Waals surface area contributed by atoms with Gasteiger partial charge < -0.3 is 4.90 Å². The molecule has 2 bridgehead atoms. The van der Waals surface area contributed by atoms with Crippen molar-refractivity contribution in [3.05, 3.63) is 66.2 Å². The quantitative estimate of drug-likeness (QED) is 0.810. The zero-order valence-electron chi connectivity index (χ0n) is 11.3. The molecular weight excluding hydrogens is 246 g/mol. The Morgan fingerprint density at radius 2 is 1.50 bits per heavy atom. The molecule has 100 valence electrons. The van der Waals surface area contributed by atoms with E-state index in [0.717, 1.165) is 18.5 Å². The number of fused-ring (bicyclic) bond motifs is 2. The molecule has 2 aliphatic rings. The highest BCUT2D eigenvalue weighted by Crippen LogP contribution is 2.49. The first-order valence-electron chi connectivity index (χ1n) is 7.27. The van der Waals surface area contributed by atoms with Gasteiger partial charge in [0, 0.05) is 23.6 Å². The molecule has 0 spiro atoms. The number of nitrogens with zero attached hydrogens (tertiary/aromatic N) is 1. The maximum Gasteiger partial charge on any atom is 0.230 e. The zero-order chi connectivity index (χ0) is 13.5. The van der Waals surface area contributed by atoms with Gasteiger partial charge in [0.25, 0.3) is 0 Å². The van der Waals surface area contributed by atoms with Crippen molar-refractivity contribution in [1.82, 2.24) is 0 Å². The first-order chi connectivity index (χ1) is 9.84. The number of anilines is 1. The van der Waals surface area contributed by atoms with Crippen LogP contribution in [0.1, 0.15) is 24.3 Å². The van der Waals surface area contributed by atoms with Gasteiger partial charge in [-0.1, -0.05) is 48.5 Å². The molecule has 1 aliphatic carbocycles.